The van der Waals surface area contributed by atoms with Crippen LogP contribution in [-0.2, 0) is 9.53 Å². The van der Waals surface area contributed by atoms with Crippen molar-refractivity contribution in [2.45, 2.75) is 19.9 Å². The van der Waals surface area contributed by atoms with Crippen LogP contribution in [0.5, 0.6) is 0 Å². The van der Waals surface area contributed by atoms with Crippen LogP contribution in [0, 0.1) is 0 Å². The topological polar surface area (TPSA) is 50.7 Å². The number of carbonyl (C=O) groups excluding carboxylic acids is 1. The number of amidine groups is 1. The van der Waals surface area contributed by atoms with Gasteiger partial charge in [0.25, 0.3) is 0 Å². The number of esters is 1. The van der Waals surface area contributed by atoms with Crippen LogP contribution in [0.3, 0.4) is 0 Å². The summed E-state index contributed by atoms with van der Waals surface area (Å²) < 4.78 is 6.17. The molecule has 1 unspecified atom stereocenters. The Morgan fingerprint density at radius 3 is 2.59 bits per heavy atom. The fourth-order valence-electron chi connectivity index (χ4n) is 2.11. The molecule has 0 amide bonds. The lowest BCUT2D eigenvalue weighted by Crippen LogP contribution is -3.00. The van der Waals surface area contributed by atoms with E-state index in [0.717, 1.165) is 20.9 Å². The molecule has 0 radical (unpaired) electrons. The van der Waals surface area contributed by atoms with Gasteiger partial charge in [-0.15, -0.1) is 0 Å². The first kappa shape index (κ1) is 19.5. The Morgan fingerprint density at radius 2 is 2.05 bits per heavy atom. The van der Waals surface area contributed by atoms with Crippen LogP contribution in [0.25, 0.3) is 0 Å². The van der Waals surface area contributed by atoms with Crippen molar-refractivity contribution in [3.63, 3.8) is 0 Å². The molecule has 0 saturated heterocycles. The number of ether oxygens (including phenoxy) is 1. The molecular weight excluding hydrogens is 479 g/mol. The molecule has 0 spiro atoms. The number of nitrogens with one attached hydrogen (secondary N) is 1. The summed E-state index contributed by atoms with van der Waals surface area (Å²) in [6, 6.07) is 7.50. The number of allylic oxidation sites excluding steroid dienone is 1. The van der Waals surface area contributed by atoms with Crippen LogP contribution >= 0.6 is 27.7 Å². The smallest absolute Gasteiger partial charge is 0.338 e. The molecule has 1 heterocycles. The lowest BCUT2D eigenvalue weighted by molar-refractivity contribution is -0.138. The first-order chi connectivity index (χ1) is 10.1. The predicted molar refractivity (Wildman–Crippen MR) is 90.3 cm³/mol. The predicted octanol–water partition coefficient (Wildman–Crippen LogP) is 0.653. The zero-order valence-corrected chi connectivity index (χ0v) is 17.1. The molecule has 1 N–H and O–H groups in total. The summed E-state index contributed by atoms with van der Waals surface area (Å²) in [6.07, 6.45) is 1.95. The van der Waals surface area contributed by atoms with Gasteiger partial charge in [-0.3, -0.25) is 0 Å². The third-order valence-electron chi connectivity index (χ3n) is 3.09. The Balaban J connectivity index is 0.00000242. The van der Waals surface area contributed by atoms with E-state index in [2.05, 4.69) is 26.2 Å². The van der Waals surface area contributed by atoms with Crippen LogP contribution < -0.4 is 29.3 Å². The van der Waals surface area contributed by atoms with Crippen LogP contribution in [0.2, 0.25) is 0 Å². The zero-order chi connectivity index (χ0) is 15.4. The van der Waals surface area contributed by atoms with E-state index in [1.54, 1.807) is 6.92 Å². The van der Waals surface area contributed by atoms with Crippen LogP contribution in [0.1, 0.15) is 25.5 Å². The quantitative estimate of drug-likeness (QED) is 0.494. The van der Waals surface area contributed by atoms with E-state index >= 15 is 0 Å². The van der Waals surface area contributed by atoms with Gasteiger partial charge in [-0.1, -0.05) is 39.8 Å². The summed E-state index contributed by atoms with van der Waals surface area (Å²) in [7, 11) is 0. The van der Waals surface area contributed by atoms with Crippen molar-refractivity contribution in [3.05, 3.63) is 45.6 Å². The maximum atomic E-state index is 12.2. The number of halogens is 2. The van der Waals surface area contributed by atoms with Crippen LogP contribution in [0.15, 0.2) is 45.0 Å². The second-order valence-electron chi connectivity index (χ2n) is 4.48. The van der Waals surface area contributed by atoms with Gasteiger partial charge >= 0.3 is 5.97 Å². The molecule has 1 aromatic carbocycles. The van der Waals surface area contributed by atoms with Gasteiger partial charge < -0.3 is 34.0 Å². The highest BCUT2D eigenvalue weighted by Gasteiger charge is 2.29. The van der Waals surface area contributed by atoms with Crippen molar-refractivity contribution in [2.75, 3.05) is 12.9 Å². The standard InChI is InChI=1S/C15H17BrN2O2S.HI/c1-4-20-14(19)12-9(2)17-15(21-3)18-13(12)10-5-7-11(16)8-6-10;/h5-8,13H,4H2,1-3H3,(H,17,18);1H/p-1. The normalized spacial score (nSPS) is 17.3. The molecule has 22 heavy (non-hydrogen) atoms. The third-order valence-corrected chi connectivity index (χ3v) is 4.22. The van der Waals surface area contributed by atoms with Gasteiger partial charge in [-0.05, 0) is 37.8 Å². The SMILES string of the molecule is CCOC(=O)C1=C(C)NC(SC)=NC1c1ccc(Br)cc1.[I-]. The minimum Gasteiger partial charge on any atom is -1.00 e. The van der Waals surface area contributed by atoms with Crippen molar-refractivity contribution in [3.8, 4) is 0 Å². The Bertz CT molecular complexity index is 602. The molecular formula is C15H17BrIN2O2S-. The highest BCUT2D eigenvalue weighted by Crippen LogP contribution is 2.33. The van der Waals surface area contributed by atoms with Gasteiger partial charge in [-0.25, -0.2) is 9.79 Å². The average molecular weight is 496 g/mol. The zero-order valence-electron chi connectivity index (χ0n) is 12.5. The summed E-state index contributed by atoms with van der Waals surface area (Å²) in [4.78, 5) is 16.9. The fourth-order valence-corrected chi connectivity index (χ4v) is 2.84. The van der Waals surface area contributed by atoms with Crippen LogP contribution in [-0.4, -0.2) is 24.0 Å². The molecule has 1 aliphatic heterocycles. The number of hydrogen-bond donors (Lipinski definition) is 1. The lowest BCUT2D eigenvalue weighted by Gasteiger charge is -2.25. The van der Waals surface area contributed by atoms with Gasteiger partial charge in [0.05, 0.1) is 12.2 Å². The Kier molecular flexibility index (Phi) is 7.92. The van der Waals surface area contributed by atoms with Crippen molar-refractivity contribution in [2.24, 2.45) is 4.99 Å². The van der Waals surface area contributed by atoms with E-state index in [4.69, 9.17) is 4.74 Å². The molecule has 0 fully saturated rings. The van der Waals surface area contributed by atoms with E-state index in [1.807, 2.05) is 37.4 Å². The molecule has 0 aliphatic carbocycles. The van der Waals surface area contributed by atoms with Gasteiger partial charge in [0.15, 0.2) is 5.17 Å². The van der Waals surface area contributed by atoms with E-state index in [1.165, 1.54) is 11.8 Å². The van der Waals surface area contributed by atoms with Gasteiger partial charge in [0.1, 0.15) is 6.04 Å². The van der Waals surface area contributed by atoms with Gasteiger partial charge in [0.2, 0.25) is 0 Å². The summed E-state index contributed by atoms with van der Waals surface area (Å²) in [5.41, 5.74) is 2.33. The van der Waals surface area contributed by atoms with Crippen molar-refractivity contribution in [1.82, 2.24) is 5.32 Å². The Labute approximate surface area is 160 Å². The molecule has 1 atom stereocenters. The molecule has 1 aromatic rings. The highest BCUT2D eigenvalue weighted by molar-refractivity contribution is 9.10. The molecule has 0 saturated carbocycles. The molecule has 0 aromatic heterocycles. The van der Waals surface area contributed by atoms with E-state index in [0.29, 0.717) is 12.2 Å². The summed E-state index contributed by atoms with van der Waals surface area (Å²) >= 11 is 4.94. The molecule has 7 heteroatoms. The second-order valence-corrected chi connectivity index (χ2v) is 6.19. The number of thioether (sulfide) groups is 1. The largest absolute Gasteiger partial charge is 1.00 e. The number of hydrogen-bond acceptors (Lipinski definition) is 5. The molecule has 1 aliphatic rings. The van der Waals surface area contributed by atoms with E-state index < -0.39 is 0 Å². The summed E-state index contributed by atoms with van der Waals surface area (Å²) in [5.74, 6) is -0.320. The fraction of sp³-hybridized carbons (Fsp3) is 0.333. The molecule has 2 rings (SSSR count). The molecule has 0 bridgehead atoms. The van der Waals surface area contributed by atoms with Gasteiger partial charge in [0, 0.05) is 10.2 Å². The van der Waals surface area contributed by atoms with Gasteiger partial charge in [-0.2, -0.15) is 0 Å². The lowest BCUT2D eigenvalue weighted by atomic mass is 9.97. The number of nitrogens with zero attached hydrogens (tertiary/aromatic N) is 1. The minimum absolute atomic E-state index is 0. The minimum atomic E-state index is -0.333. The Hall–Kier alpha value is -0.540. The Morgan fingerprint density at radius 1 is 1.41 bits per heavy atom. The molecule has 120 valence electrons. The van der Waals surface area contributed by atoms with Crippen molar-refractivity contribution in [1.29, 1.82) is 0 Å². The number of aliphatic imine (C=N–C) groups is 1. The van der Waals surface area contributed by atoms with E-state index in [9.17, 15) is 4.79 Å². The molecule has 4 nitrogen and oxygen atoms in total. The number of rotatable bonds is 3. The monoisotopic (exact) mass is 495 g/mol. The highest BCUT2D eigenvalue weighted by atomic mass is 127. The van der Waals surface area contributed by atoms with Crippen molar-refractivity contribution < 1.29 is 33.5 Å². The second kappa shape index (κ2) is 8.93. The van der Waals surface area contributed by atoms with Crippen LogP contribution in [0.4, 0.5) is 0 Å². The summed E-state index contributed by atoms with van der Waals surface area (Å²) in [6.45, 7) is 4.03. The number of carbonyl (C=O) groups is 1. The first-order valence-corrected chi connectivity index (χ1v) is 8.60. The van der Waals surface area contributed by atoms with Crippen molar-refractivity contribution >= 4 is 38.8 Å². The maximum absolute atomic E-state index is 12.2. The summed E-state index contributed by atoms with van der Waals surface area (Å²) in [5, 5.41) is 3.95. The third kappa shape index (κ3) is 4.48. The van der Waals surface area contributed by atoms with E-state index in [-0.39, 0.29) is 36.0 Å². The maximum Gasteiger partial charge on any atom is 0.338 e. The first-order valence-electron chi connectivity index (χ1n) is 6.59. The average Bonchev–Trinajstić information content (AvgIpc) is 2.47. The number of benzene rings is 1.